The monoisotopic (exact) mass is 314 g/mol. The average molecular weight is 314 g/mol. The highest BCUT2D eigenvalue weighted by molar-refractivity contribution is 5.78. The molecule has 0 spiro atoms. The number of carbonyl (C=O) groups excluding carboxylic acids is 1. The predicted octanol–water partition coefficient (Wildman–Crippen LogP) is 2.83. The van der Waals surface area contributed by atoms with E-state index < -0.39 is 11.7 Å². The summed E-state index contributed by atoms with van der Waals surface area (Å²) < 4.78 is 38.1. The van der Waals surface area contributed by atoms with Crippen molar-refractivity contribution in [3.63, 3.8) is 0 Å². The van der Waals surface area contributed by atoms with Crippen LogP contribution in [0.25, 0.3) is 0 Å². The van der Waals surface area contributed by atoms with Gasteiger partial charge in [-0.15, -0.1) is 0 Å². The number of benzene rings is 1. The maximum Gasteiger partial charge on any atom is 0.416 e. The molecule has 2 N–H and O–H groups in total. The summed E-state index contributed by atoms with van der Waals surface area (Å²) in [6, 6.07) is 5.32. The highest BCUT2D eigenvalue weighted by Crippen LogP contribution is 2.30. The lowest BCUT2D eigenvalue weighted by atomic mass is 9.96. The summed E-state index contributed by atoms with van der Waals surface area (Å²) in [6.07, 6.45) is -2.48. The molecule has 1 aromatic rings. The summed E-state index contributed by atoms with van der Waals surface area (Å²) in [7, 11) is 0. The molecule has 0 aromatic heterocycles. The van der Waals surface area contributed by atoms with E-state index >= 15 is 0 Å². The summed E-state index contributed by atoms with van der Waals surface area (Å²) in [5.41, 5.74) is 5.67. The van der Waals surface area contributed by atoms with Crippen molar-refractivity contribution in [3.05, 3.63) is 35.4 Å². The van der Waals surface area contributed by atoms with Gasteiger partial charge in [0, 0.05) is 25.0 Å². The zero-order chi connectivity index (χ0) is 16.3. The lowest BCUT2D eigenvalue weighted by Gasteiger charge is -2.32. The first-order valence-electron chi connectivity index (χ1n) is 7.48. The third-order valence-electron chi connectivity index (χ3n) is 4.07. The van der Waals surface area contributed by atoms with E-state index in [1.807, 2.05) is 0 Å². The number of piperidine rings is 1. The Bertz CT molecular complexity index is 522. The number of hydrogen-bond donors (Lipinski definition) is 1. The highest BCUT2D eigenvalue weighted by atomic mass is 19.4. The third-order valence-corrected chi connectivity index (χ3v) is 4.07. The van der Waals surface area contributed by atoms with Crippen LogP contribution in [0.15, 0.2) is 24.3 Å². The number of hydrogen-bond acceptors (Lipinski definition) is 2. The molecule has 1 unspecified atom stereocenters. The summed E-state index contributed by atoms with van der Waals surface area (Å²) in [6.45, 7) is 3.02. The van der Waals surface area contributed by atoms with Crippen molar-refractivity contribution in [2.45, 2.75) is 38.4 Å². The number of rotatable bonds is 3. The van der Waals surface area contributed by atoms with Crippen LogP contribution in [0.3, 0.4) is 0 Å². The van der Waals surface area contributed by atoms with Crippen molar-refractivity contribution < 1.29 is 18.0 Å². The van der Waals surface area contributed by atoms with E-state index in [4.69, 9.17) is 5.73 Å². The third kappa shape index (κ3) is 4.22. The number of likely N-dealkylation sites (tertiary alicyclic amines) is 1. The summed E-state index contributed by atoms with van der Waals surface area (Å²) in [5, 5.41) is 0. The minimum atomic E-state index is -4.35. The summed E-state index contributed by atoms with van der Waals surface area (Å²) in [4.78, 5) is 14.1. The van der Waals surface area contributed by atoms with E-state index in [9.17, 15) is 18.0 Å². The van der Waals surface area contributed by atoms with Crippen molar-refractivity contribution in [1.29, 1.82) is 0 Å². The van der Waals surface area contributed by atoms with Crippen LogP contribution in [0.2, 0.25) is 0 Å². The topological polar surface area (TPSA) is 46.3 Å². The zero-order valence-electron chi connectivity index (χ0n) is 12.6. The fourth-order valence-electron chi connectivity index (χ4n) is 2.75. The largest absolute Gasteiger partial charge is 0.416 e. The first kappa shape index (κ1) is 16.8. The SMILES string of the molecule is CC(Cc1cccc(C(F)(F)F)c1)C(=O)N1CCC(N)CC1. The number of halogens is 3. The first-order valence-corrected chi connectivity index (χ1v) is 7.48. The molecule has 0 saturated carbocycles. The molecule has 1 fully saturated rings. The van der Waals surface area contributed by atoms with E-state index in [-0.39, 0.29) is 17.9 Å². The van der Waals surface area contributed by atoms with Gasteiger partial charge in [-0.2, -0.15) is 13.2 Å². The number of amides is 1. The molecular formula is C16H21F3N2O. The Labute approximate surface area is 128 Å². The van der Waals surface area contributed by atoms with Gasteiger partial charge < -0.3 is 10.6 Å². The molecule has 1 aromatic carbocycles. The van der Waals surface area contributed by atoms with Crippen LogP contribution in [0, 0.1) is 5.92 Å². The van der Waals surface area contributed by atoms with Gasteiger partial charge in [0.15, 0.2) is 0 Å². The van der Waals surface area contributed by atoms with Gasteiger partial charge in [-0.25, -0.2) is 0 Å². The van der Waals surface area contributed by atoms with Crippen LogP contribution in [0.1, 0.15) is 30.9 Å². The average Bonchev–Trinajstić information content (AvgIpc) is 2.46. The molecule has 22 heavy (non-hydrogen) atoms. The highest BCUT2D eigenvalue weighted by Gasteiger charge is 2.31. The Morgan fingerprint density at radius 2 is 2.00 bits per heavy atom. The maximum atomic E-state index is 12.7. The van der Waals surface area contributed by atoms with Crippen LogP contribution in [0.5, 0.6) is 0 Å². The first-order chi connectivity index (χ1) is 10.3. The normalized spacial score (nSPS) is 18.3. The molecular weight excluding hydrogens is 293 g/mol. The second-order valence-electron chi connectivity index (χ2n) is 5.97. The second kappa shape index (κ2) is 6.69. The molecule has 3 nitrogen and oxygen atoms in total. The molecule has 1 atom stereocenters. The Balaban J connectivity index is 1.99. The molecule has 1 aliphatic rings. The lowest BCUT2D eigenvalue weighted by Crippen LogP contribution is -2.45. The number of nitrogens with two attached hydrogens (primary N) is 1. The molecule has 0 radical (unpaired) electrons. The molecule has 1 heterocycles. The Morgan fingerprint density at radius 1 is 1.36 bits per heavy atom. The second-order valence-corrected chi connectivity index (χ2v) is 5.97. The van der Waals surface area contributed by atoms with Crippen molar-refractivity contribution in [2.24, 2.45) is 11.7 Å². The van der Waals surface area contributed by atoms with Crippen molar-refractivity contribution in [2.75, 3.05) is 13.1 Å². The Kier molecular flexibility index (Phi) is 5.11. The number of nitrogens with zero attached hydrogens (tertiary/aromatic N) is 1. The quantitative estimate of drug-likeness (QED) is 0.932. The smallest absolute Gasteiger partial charge is 0.342 e. The Hall–Kier alpha value is -1.56. The molecule has 6 heteroatoms. The van der Waals surface area contributed by atoms with E-state index in [0.29, 0.717) is 25.1 Å². The summed E-state index contributed by atoms with van der Waals surface area (Å²) in [5.74, 6) is -0.345. The molecule has 0 bridgehead atoms. The number of carbonyl (C=O) groups is 1. The Morgan fingerprint density at radius 3 is 2.59 bits per heavy atom. The van der Waals surface area contributed by atoms with Crippen LogP contribution in [-0.2, 0) is 17.4 Å². The lowest BCUT2D eigenvalue weighted by molar-refractivity contribution is -0.137. The minimum absolute atomic E-state index is 0.00990. The molecule has 1 saturated heterocycles. The summed E-state index contributed by atoms with van der Waals surface area (Å²) >= 11 is 0. The van der Waals surface area contributed by atoms with Gasteiger partial charge in [0.1, 0.15) is 0 Å². The molecule has 0 aliphatic carbocycles. The van der Waals surface area contributed by atoms with E-state index in [0.717, 1.165) is 25.0 Å². The van der Waals surface area contributed by atoms with Crippen LogP contribution < -0.4 is 5.73 Å². The fraction of sp³-hybridized carbons (Fsp3) is 0.562. The predicted molar refractivity (Wildman–Crippen MR) is 78.1 cm³/mol. The van der Waals surface area contributed by atoms with Crippen LogP contribution in [-0.4, -0.2) is 29.9 Å². The van der Waals surface area contributed by atoms with Gasteiger partial charge in [-0.05, 0) is 30.9 Å². The molecule has 122 valence electrons. The minimum Gasteiger partial charge on any atom is -0.342 e. The van der Waals surface area contributed by atoms with Gasteiger partial charge in [0.2, 0.25) is 5.91 Å². The van der Waals surface area contributed by atoms with Gasteiger partial charge in [-0.3, -0.25) is 4.79 Å². The van der Waals surface area contributed by atoms with E-state index in [1.54, 1.807) is 17.9 Å². The zero-order valence-corrected chi connectivity index (χ0v) is 12.6. The van der Waals surface area contributed by atoms with Crippen LogP contribution >= 0.6 is 0 Å². The fourth-order valence-corrected chi connectivity index (χ4v) is 2.75. The van der Waals surface area contributed by atoms with Crippen molar-refractivity contribution in [1.82, 2.24) is 4.90 Å². The van der Waals surface area contributed by atoms with E-state index in [2.05, 4.69) is 0 Å². The number of alkyl halides is 3. The van der Waals surface area contributed by atoms with Gasteiger partial charge >= 0.3 is 6.18 Å². The van der Waals surface area contributed by atoms with Gasteiger partial charge in [0.25, 0.3) is 0 Å². The molecule has 1 aliphatic heterocycles. The van der Waals surface area contributed by atoms with E-state index in [1.165, 1.54) is 6.07 Å². The molecule has 1 amide bonds. The van der Waals surface area contributed by atoms with Gasteiger partial charge in [-0.1, -0.05) is 25.1 Å². The van der Waals surface area contributed by atoms with Crippen molar-refractivity contribution >= 4 is 5.91 Å². The van der Waals surface area contributed by atoms with Crippen LogP contribution in [0.4, 0.5) is 13.2 Å². The van der Waals surface area contributed by atoms with Crippen molar-refractivity contribution in [3.8, 4) is 0 Å². The van der Waals surface area contributed by atoms with Gasteiger partial charge in [0.05, 0.1) is 5.56 Å². The standard InChI is InChI=1S/C16H21F3N2O/c1-11(15(22)21-7-5-14(20)6-8-21)9-12-3-2-4-13(10-12)16(17,18)19/h2-4,10-11,14H,5-9,20H2,1H3. The molecule has 2 rings (SSSR count). The maximum absolute atomic E-state index is 12.7.